The molecule has 2 rings (SSSR count). The third-order valence-corrected chi connectivity index (χ3v) is 2.26. The molecule has 0 saturated heterocycles. The van der Waals surface area contributed by atoms with Crippen LogP contribution >= 0.6 is 0 Å². The largest absolute Gasteiger partial charge is 0.341 e. The Morgan fingerprint density at radius 3 is 2.57 bits per heavy atom. The highest BCUT2D eigenvalue weighted by Crippen LogP contribution is 2.13. The molecule has 0 aliphatic carbocycles. The van der Waals surface area contributed by atoms with Crippen LogP contribution in [-0.2, 0) is 16.1 Å². The van der Waals surface area contributed by atoms with Gasteiger partial charge in [0, 0.05) is 0 Å². The Labute approximate surface area is 82.4 Å². The summed E-state index contributed by atoms with van der Waals surface area (Å²) in [5, 5.41) is 3.71. The summed E-state index contributed by atoms with van der Waals surface area (Å²) in [6.07, 6.45) is 1.30. The second-order valence-corrected chi connectivity index (χ2v) is 3.23. The van der Waals surface area contributed by atoms with Crippen molar-refractivity contribution in [3.8, 4) is 0 Å². The maximum absolute atomic E-state index is 10.8. The summed E-state index contributed by atoms with van der Waals surface area (Å²) in [6.45, 7) is 2.11. The molecule has 3 heteroatoms. The quantitative estimate of drug-likeness (QED) is 0.666. The maximum atomic E-state index is 10.8. The van der Waals surface area contributed by atoms with Crippen LogP contribution in [0.4, 0.5) is 0 Å². The third kappa shape index (κ3) is 1.66. The van der Waals surface area contributed by atoms with Gasteiger partial charge in [-0.25, -0.2) is 4.79 Å². The van der Waals surface area contributed by atoms with Crippen LogP contribution in [0, 0.1) is 0 Å². The molecule has 0 fully saturated rings. The average Bonchev–Trinajstić information content (AvgIpc) is 2.65. The minimum atomic E-state index is -0.278. The SMILES string of the molecule is CCc1ccc(C2=NOC(=O)C2)cc1. The van der Waals surface area contributed by atoms with Crippen LogP contribution in [0.25, 0.3) is 0 Å². The molecule has 1 heterocycles. The van der Waals surface area contributed by atoms with Crippen molar-refractivity contribution in [2.24, 2.45) is 5.16 Å². The summed E-state index contributed by atoms with van der Waals surface area (Å²) in [7, 11) is 0. The Balaban J connectivity index is 2.21. The van der Waals surface area contributed by atoms with E-state index in [-0.39, 0.29) is 12.4 Å². The van der Waals surface area contributed by atoms with Gasteiger partial charge < -0.3 is 4.84 Å². The van der Waals surface area contributed by atoms with Gasteiger partial charge in [0.15, 0.2) is 0 Å². The number of hydrogen-bond donors (Lipinski definition) is 0. The van der Waals surface area contributed by atoms with E-state index >= 15 is 0 Å². The van der Waals surface area contributed by atoms with E-state index in [4.69, 9.17) is 0 Å². The number of aryl methyl sites for hydroxylation is 1. The minimum Gasteiger partial charge on any atom is -0.318 e. The number of benzene rings is 1. The van der Waals surface area contributed by atoms with Crippen molar-refractivity contribution >= 4 is 11.7 Å². The average molecular weight is 189 g/mol. The lowest BCUT2D eigenvalue weighted by atomic mass is 10.0. The van der Waals surface area contributed by atoms with Crippen molar-refractivity contribution in [2.75, 3.05) is 0 Å². The molecule has 0 N–H and O–H groups in total. The molecular weight excluding hydrogens is 178 g/mol. The predicted molar refractivity (Wildman–Crippen MR) is 53.1 cm³/mol. The van der Waals surface area contributed by atoms with Crippen molar-refractivity contribution in [3.05, 3.63) is 35.4 Å². The van der Waals surface area contributed by atoms with Crippen molar-refractivity contribution in [1.82, 2.24) is 0 Å². The zero-order valence-corrected chi connectivity index (χ0v) is 7.99. The molecule has 0 unspecified atom stereocenters. The smallest absolute Gasteiger partial charge is 0.318 e. The molecule has 0 saturated carbocycles. The van der Waals surface area contributed by atoms with Crippen LogP contribution in [0.5, 0.6) is 0 Å². The Morgan fingerprint density at radius 1 is 1.36 bits per heavy atom. The van der Waals surface area contributed by atoms with Gasteiger partial charge in [-0.05, 0) is 17.5 Å². The molecule has 3 nitrogen and oxygen atoms in total. The van der Waals surface area contributed by atoms with E-state index in [1.54, 1.807) is 0 Å². The molecule has 1 aromatic rings. The van der Waals surface area contributed by atoms with E-state index in [0.717, 1.165) is 17.7 Å². The summed E-state index contributed by atoms with van der Waals surface area (Å²) in [5.74, 6) is -0.278. The normalized spacial score (nSPS) is 15.2. The molecular formula is C11H11NO2. The number of nitrogens with zero attached hydrogens (tertiary/aromatic N) is 1. The lowest BCUT2D eigenvalue weighted by molar-refractivity contribution is -0.140. The molecule has 14 heavy (non-hydrogen) atoms. The molecule has 0 atom stereocenters. The van der Waals surface area contributed by atoms with Gasteiger partial charge >= 0.3 is 5.97 Å². The Morgan fingerprint density at radius 2 is 2.07 bits per heavy atom. The van der Waals surface area contributed by atoms with Crippen LogP contribution < -0.4 is 0 Å². The van der Waals surface area contributed by atoms with Gasteiger partial charge in [-0.3, -0.25) is 0 Å². The molecule has 1 aromatic carbocycles. The molecule has 0 aromatic heterocycles. The van der Waals surface area contributed by atoms with Crippen molar-refractivity contribution in [1.29, 1.82) is 0 Å². The van der Waals surface area contributed by atoms with Crippen LogP contribution in [-0.4, -0.2) is 11.7 Å². The third-order valence-electron chi connectivity index (χ3n) is 2.26. The Hall–Kier alpha value is -1.64. The summed E-state index contributed by atoms with van der Waals surface area (Å²) in [6, 6.07) is 8.03. The molecule has 72 valence electrons. The zero-order valence-electron chi connectivity index (χ0n) is 7.99. The van der Waals surface area contributed by atoms with E-state index in [2.05, 4.69) is 16.9 Å². The second kappa shape index (κ2) is 3.62. The lowest BCUT2D eigenvalue weighted by Gasteiger charge is -1.99. The molecule has 1 aliphatic heterocycles. The minimum absolute atomic E-state index is 0.278. The topological polar surface area (TPSA) is 38.7 Å². The summed E-state index contributed by atoms with van der Waals surface area (Å²) in [4.78, 5) is 15.3. The van der Waals surface area contributed by atoms with Gasteiger partial charge in [0.1, 0.15) is 0 Å². The lowest BCUT2D eigenvalue weighted by Crippen LogP contribution is -2.00. The summed E-state index contributed by atoms with van der Waals surface area (Å²) in [5.41, 5.74) is 2.96. The first-order valence-corrected chi connectivity index (χ1v) is 4.65. The highest BCUT2D eigenvalue weighted by Gasteiger charge is 2.18. The van der Waals surface area contributed by atoms with E-state index in [1.165, 1.54) is 5.56 Å². The predicted octanol–water partition coefficient (Wildman–Crippen LogP) is 1.90. The van der Waals surface area contributed by atoms with Gasteiger partial charge in [-0.1, -0.05) is 36.3 Å². The van der Waals surface area contributed by atoms with E-state index < -0.39 is 0 Å². The van der Waals surface area contributed by atoms with E-state index in [0.29, 0.717) is 0 Å². The molecule has 0 bridgehead atoms. The molecule has 0 radical (unpaired) electrons. The Bertz CT molecular complexity index is 379. The van der Waals surface area contributed by atoms with Crippen molar-refractivity contribution in [3.63, 3.8) is 0 Å². The summed E-state index contributed by atoms with van der Waals surface area (Å²) < 4.78 is 0. The first-order chi connectivity index (χ1) is 6.79. The fourth-order valence-electron chi connectivity index (χ4n) is 1.39. The first-order valence-electron chi connectivity index (χ1n) is 4.65. The monoisotopic (exact) mass is 189 g/mol. The summed E-state index contributed by atoms with van der Waals surface area (Å²) >= 11 is 0. The fraction of sp³-hybridized carbons (Fsp3) is 0.273. The van der Waals surface area contributed by atoms with Crippen LogP contribution in [0.2, 0.25) is 0 Å². The number of rotatable bonds is 2. The number of carbonyl (C=O) groups excluding carboxylic acids is 1. The molecule has 0 amide bonds. The standard InChI is InChI=1S/C11H11NO2/c1-2-8-3-5-9(6-4-8)10-7-11(13)14-12-10/h3-6H,2,7H2,1H3. The van der Waals surface area contributed by atoms with Crippen LogP contribution in [0.15, 0.2) is 29.4 Å². The van der Waals surface area contributed by atoms with Crippen molar-refractivity contribution in [2.45, 2.75) is 19.8 Å². The first kappa shape index (κ1) is 8.94. The fourth-order valence-corrected chi connectivity index (χ4v) is 1.39. The van der Waals surface area contributed by atoms with Gasteiger partial charge in [-0.2, -0.15) is 0 Å². The van der Waals surface area contributed by atoms with Crippen LogP contribution in [0.1, 0.15) is 24.5 Å². The maximum Gasteiger partial charge on any atom is 0.341 e. The van der Waals surface area contributed by atoms with Crippen LogP contribution in [0.3, 0.4) is 0 Å². The number of hydrogen-bond acceptors (Lipinski definition) is 3. The number of oxime groups is 1. The van der Waals surface area contributed by atoms with Crippen molar-refractivity contribution < 1.29 is 9.63 Å². The van der Waals surface area contributed by atoms with E-state index in [9.17, 15) is 4.79 Å². The zero-order chi connectivity index (χ0) is 9.97. The number of carbonyl (C=O) groups is 1. The van der Waals surface area contributed by atoms with E-state index in [1.807, 2.05) is 24.3 Å². The highest BCUT2D eigenvalue weighted by molar-refractivity contribution is 6.11. The van der Waals surface area contributed by atoms with Gasteiger partial charge in [0.05, 0.1) is 12.1 Å². The van der Waals surface area contributed by atoms with Gasteiger partial charge in [0.25, 0.3) is 0 Å². The molecule has 0 spiro atoms. The van der Waals surface area contributed by atoms with Gasteiger partial charge in [0.2, 0.25) is 0 Å². The van der Waals surface area contributed by atoms with Gasteiger partial charge in [-0.15, -0.1) is 0 Å². The highest BCUT2D eigenvalue weighted by atomic mass is 16.7. The molecule has 1 aliphatic rings. The second-order valence-electron chi connectivity index (χ2n) is 3.23. The Kier molecular flexibility index (Phi) is 2.31.